The van der Waals surface area contributed by atoms with Gasteiger partial charge in [-0.2, -0.15) is 0 Å². The predicted molar refractivity (Wildman–Crippen MR) is 86.1 cm³/mol. The van der Waals surface area contributed by atoms with Crippen LogP contribution in [0.1, 0.15) is 40.6 Å². The Morgan fingerprint density at radius 3 is 2.80 bits per heavy atom. The van der Waals surface area contributed by atoms with Crippen LogP contribution in [0.2, 0.25) is 0 Å². The second kappa shape index (κ2) is 5.01. The highest BCUT2D eigenvalue weighted by Crippen LogP contribution is 2.38. The fourth-order valence-electron chi connectivity index (χ4n) is 3.65. The predicted octanol–water partition coefficient (Wildman–Crippen LogP) is 4.37. The summed E-state index contributed by atoms with van der Waals surface area (Å²) in [6, 6.07) is 16.0. The molecule has 0 aromatic heterocycles. The molecule has 2 aromatic rings. The smallest absolute Gasteiger partial charge is 0.0326 e. The molecular weight excluding hydrogens is 310 g/mol. The van der Waals surface area contributed by atoms with Gasteiger partial charge in [0, 0.05) is 23.0 Å². The van der Waals surface area contributed by atoms with Gasteiger partial charge in [-0.05, 0) is 47.6 Å². The van der Waals surface area contributed by atoms with E-state index in [1.807, 2.05) is 0 Å². The van der Waals surface area contributed by atoms with Crippen LogP contribution in [-0.2, 0) is 12.8 Å². The molecule has 0 saturated heterocycles. The molecule has 0 fully saturated rings. The van der Waals surface area contributed by atoms with Gasteiger partial charge < -0.3 is 5.32 Å². The molecule has 20 heavy (non-hydrogen) atoms. The summed E-state index contributed by atoms with van der Waals surface area (Å²) in [6.07, 6.45) is 3.66. The summed E-state index contributed by atoms with van der Waals surface area (Å²) < 4.78 is 1.27. The van der Waals surface area contributed by atoms with Crippen LogP contribution >= 0.6 is 15.9 Å². The van der Waals surface area contributed by atoms with Crippen molar-refractivity contribution in [2.24, 2.45) is 0 Å². The molecular formula is C18H18BrN. The van der Waals surface area contributed by atoms with E-state index in [1.165, 1.54) is 40.4 Å². The van der Waals surface area contributed by atoms with Crippen LogP contribution in [0.3, 0.4) is 0 Å². The van der Waals surface area contributed by atoms with Crippen LogP contribution in [0.25, 0.3) is 0 Å². The van der Waals surface area contributed by atoms with E-state index in [0.717, 1.165) is 6.54 Å². The minimum atomic E-state index is 0.537. The first-order valence-corrected chi connectivity index (χ1v) is 8.20. The van der Waals surface area contributed by atoms with E-state index in [9.17, 15) is 0 Å². The molecule has 0 heterocycles. The summed E-state index contributed by atoms with van der Waals surface area (Å²) in [5.41, 5.74) is 6.08. The van der Waals surface area contributed by atoms with Crippen LogP contribution in [0.15, 0.2) is 46.9 Å². The molecule has 2 atom stereocenters. The molecule has 102 valence electrons. The summed E-state index contributed by atoms with van der Waals surface area (Å²) in [5.74, 6) is 0.711. The molecule has 0 aliphatic heterocycles. The number of hydrogen-bond donors (Lipinski definition) is 1. The van der Waals surface area contributed by atoms with Crippen LogP contribution < -0.4 is 5.32 Å². The molecule has 0 bridgehead atoms. The number of hydrogen-bond acceptors (Lipinski definition) is 1. The Morgan fingerprint density at radius 1 is 1.05 bits per heavy atom. The van der Waals surface area contributed by atoms with E-state index in [4.69, 9.17) is 0 Å². The maximum Gasteiger partial charge on any atom is 0.0326 e. The summed E-state index contributed by atoms with van der Waals surface area (Å²) in [4.78, 5) is 0. The molecule has 2 aromatic carbocycles. The van der Waals surface area contributed by atoms with Crippen molar-refractivity contribution >= 4 is 15.9 Å². The van der Waals surface area contributed by atoms with Gasteiger partial charge in [-0.1, -0.05) is 52.3 Å². The molecule has 0 radical (unpaired) electrons. The number of benzene rings is 2. The first kappa shape index (κ1) is 12.6. The maximum atomic E-state index is 3.79. The summed E-state index contributed by atoms with van der Waals surface area (Å²) in [5, 5.41) is 3.79. The zero-order valence-corrected chi connectivity index (χ0v) is 13.0. The van der Waals surface area contributed by atoms with Gasteiger partial charge in [0.2, 0.25) is 0 Å². The van der Waals surface area contributed by atoms with Crippen LogP contribution in [0.4, 0.5) is 0 Å². The lowest BCUT2D eigenvalue weighted by molar-refractivity contribution is 0.467. The Balaban J connectivity index is 1.45. The minimum Gasteiger partial charge on any atom is -0.309 e. The van der Waals surface area contributed by atoms with E-state index in [2.05, 4.69) is 63.7 Å². The molecule has 1 nitrogen and oxygen atoms in total. The first-order chi connectivity index (χ1) is 9.83. The third kappa shape index (κ3) is 2.02. The van der Waals surface area contributed by atoms with E-state index in [0.29, 0.717) is 12.0 Å². The van der Waals surface area contributed by atoms with Gasteiger partial charge in [0.15, 0.2) is 0 Å². The second-order valence-corrected chi connectivity index (χ2v) is 6.76. The van der Waals surface area contributed by atoms with Gasteiger partial charge in [-0.3, -0.25) is 0 Å². The molecule has 2 heteroatoms. The van der Waals surface area contributed by atoms with Gasteiger partial charge >= 0.3 is 0 Å². The third-order valence-electron chi connectivity index (χ3n) is 4.79. The SMILES string of the molecule is Brc1cccc2c1CCC2NCC1Cc2ccccc21. The molecule has 0 saturated carbocycles. The van der Waals surface area contributed by atoms with Crippen molar-refractivity contribution in [2.45, 2.75) is 31.2 Å². The fraction of sp³-hybridized carbons (Fsp3) is 0.333. The van der Waals surface area contributed by atoms with Gasteiger partial charge in [-0.15, -0.1) is 0 Å². The monoisotopic (exact) mass is 327 g/mol. The molecule has 2 aliphatic carbocycles. The van der Waals surface area contributed by atoms with E-state index >= 15 is 0 Å². The quantitative estimate of drug-likeness (QED) is 0.882. The van der Waals surface area contributed by atoms with Crippen LogP contribution in [0, 0.1) is 0 Å². The topological polar surface area (TPSA) is 12.0 Å². The molecule has 0 amide bonds. The van der Waals surface area contributed by atoms with Crippen molar-refractivity contribution in [3.8, 4) is 0 Å². The Morgan fingerprint density at radius 2 is 1.90 bits per heavy atom. The summed E-state index contributed by atoms with van der Waals surface area (Å²) in [7, 11) is 0. The zero-order valence-electron chi connectivity index (χ0n) is 11.4. The molecule has 2 aliphatic rings. The Hall–Kier alpha value is -1.12. The number of nitrogens with one attached hydrogen (secondary N) is 1. The van der Waals surface area contributed by atoms with Crippen LogP contribution in [-0.4, -0.2) is 6.54 Å². The van der Waals surface area contributed by atoms with Gasteiger partial charge in [0.1, 0.15) is 0 Å². The van der Waals surface area contributed by atoms with Gasteiger partial charge in [0.25, 0.3) is 0 Å². The lowest BCUT2D eigenvalue weighted by atomic mass is 9.77. The molecule has 4 rings (SSSR count). The Bertz CT molecular complexity index is 650. The summed E-state index contributed by atoms with van der Waals surface area (Å²) >= 11 is 3.67. The van der Waals surface area contributed by atoms with Crippen molar-refractivity contribution < 1.29 is 0 Å². The van der Waals surface area contributed by atoms with Crippen LogP contribution in [0.5, 0.6) is 0 Å². The molecule has 0 spiro atoms. The van der Waals surface area contributed by atoms with E-state index < -0.39 is 0 Å². The highest BCUT2D eigenvalue weighted by molar-refractivity contribution is 9.10. The lowest BCUT2D eigenvalue weighted by Gasteiger charge is -2.31. The minimum absolute atomic E-state index is 0.537. The number of rotatable bonds is 3. The van der Waals surface area contributed by atoms with Crippen molar-refractivity contribution in [3.63, 3.8) is 0 Å². The largest absolute Gasteiger partial charge is 0.309 e. The second-order valence-electron chi connectivity index (χ2n) is 5.91. The third-order valence-corrected chi connectivity index (χ3v) is 5.53. The van der Waals surface area contributed by atoms with E-state index in [1.54, 1.807) is 5.56 Å². The summed E-state index contributed by atoms with van der Waals surface area (Å²) in [6.45, 7) is 1.10. The Kier molecular flexibility index (Phi) is 3.16. The van der Waals surface area contributed by atoms with Gasteiger partial charge in [-0.25, -0.2) is 0 Å². The van der Waals surface area contributed by atoms with Gasteiger partial charge in [0.05, 0.1) is 0 Å². The highest BCUT2D eigenvalue weighted by atomic mass is 79.9. The standard InChI is InChI=1S/C18H18BrN/c19-17-7-3-6-16-15(17)8-9-18(16)20-11-13-10-12-4-1-2-5-14(12)13/h1-7,13,18,20H,8-11H2. The lowest BCUT2D eigenvalue weighted by Crippen LogP contribution is -2.31. The highest BCUT2D eigenvalue weighted by Gasteiger charge is 2.28. The maximum absolute atomic E-state index is 3.79. The van der Waals surface area contributed by atoms with Crippen molar-refractivity contribution in [2.75, 3.05) is 6.54 Å². The zero-order chi connectivity index (χ0) is 13.5. The first-order valence-electron chi connectivity index (χ1n) is 7.41. The van der Waals surface area contributed by atoms with Crippen molar-refractivity contribution in [1.29, 1.82) is 0 Å². The number of fused-ring (bicyclic) bond motifs is 2. The van der Waals surface area contributed by atoms with E-state index in [-0.39, 0.29) is 0 Å². The fourth-order valence-corrected chi connectivity index (χ4v) is 4.23. The molecule has 2 unspecified atom stereocenters. The number of halogens is 1. The van der Waals surface area contributed by atoms with Crippen molar-refractivity contribution in [1.82, 2.24) is 5.32 Å². The molecule has 1 N–H and O–H groups in total. The van der Waals surface area contributed by atoms with Crippen molar-refractivity contribution in [3.05, 3.63) is 69.2 Å². The Labute approximate surface area is 128 Å². The average Bonchev–Trinajstić information content (AvgIpc) is 2.85. The average molecular weight is 328 g/mol. The normalized spacial score (nSPS) is 23.1.